The van der Waals surface area contributed by atoms with E-state index in [0.29, 0.717) is 30.0 Å². The average Bonchev–Trinajstić information content (AvgIpc) is 3.29. The fraction of sp³-hybridized carbons (Fsp3) is 0.368. The Kier molecular flexibility index (Phi) is 5.50. The third-order valence-corrected chi connectivity index (χ3v) is 4.26. The minimum absolute atomic E-state index is 0.115. The van der Waals surface area contributed by atoms with Crippen LogP contribution in [0.1, 0.15) is 44.9 Å². The molecule has 1 aromatic heterocycles. The largest absolute Gasteiger partial charge is 0.469 e. The van der Waals surface area contributed by atoms with E-state index >= 15 is 0 Å². The summed E-state index contributed by atoms with van der Waals surface area (Å²) in [6.07, 6.45) is 3.64. The molecule has 0 bridgehead atoms. The predicted octanol–water partition coefficient (Wildman–Crippen LogP) is 2.43. The highest BCUT2D eigenvalue weighted by Gasteiger charge is 2.17. The van der Waals surface area contributed by atoms with Crippen molar-refractivity contribution < 1.29 is 18.7 Å². The molecule has 2 N–H and O–H groups in total. The van der Waals surface area contributed by atoms with Gasteiger partial charge in [-0.1, -0.05) is 12.1 Å². The van der Waals surface area contributed by atoms with Gasteiger partial charge < -0.3 is 19.8 Å². The number of carbonyl (C=O) groups excluding carboxylic acids is 2. The molecule has 25 heavy (non-hydrogen) atoms. The van der Waals surface area contributed by atoms with Crippen molar-refractivity contribution in [2.24, 2.45) is 0 Å². The van der Waals surface area contributed by atoms with Crippen LogP contribution in [0.3, 0.4) is 0 Å². The Hall–Kier alpha value is -2.60. The van der Waals surface area contributed by atoms with Crippen LogP contribution in [0.4, 0.5) is 0 Å². The molecular formula is C19H22N2O4. The van der Waals surface area contributed by atoms with E-state index in [2.05, 4.69) is 10.6 Å². The predicted molar refractivity (Wildman–Crippen MR) is 92.4 cm³/mol. The summed E-state index contributed by atoms with van der Waals surface area (Å²) in [4.78, 5) is 24.4. The Bertz CT molecular complexity index is 747. The topological polar surface area (TPSA) is 80.6 Å². The van der Waals surface area contributed by atoms with E-state index in [0.717, 1.165) is 25.0 Å². The lowest BCUT2D eigenvalue weighted by atomic mass is 10.1. The van der Waals surface area contributed by atoms with Crippen LogP contribution in [0.15, 0.2) is 41.0 Å². The summed E-state index contributed by atoms with van der Waals surface area (Å²) in [7, 11) is 0. The first-order chi connectivity index (χ1) is 12.1. The maximum Gasteiger partial charge on any atom is 0.255 e. The second kappa shape index (κ2) is 7.98. The van der Waals surface area contributed by atoms with Crippen LogP contribution in [0, 0.1) is 6.92 Å². The summed E-state index contributed by atoms with van der Waals surface area (Å²) in [5.41, 5.74) is 1.95. The number of furan rings is 1. The molecule has 0 radical (unpaired) electrons. The molecule has 1 atom stereocenters. The van der Waals surface area contributed by atoms with Gasteiger partial charge in [0.25, 0.3) is 11.8 Å². The maximum atomic E-state index is 12.3. The van der Waals surface area contributed by atoms with E-state index in [4.69, 9.17) is 9.15 Å². The Morgan fingerprint density at radius 3 is 2.80 bits per heavy atom. The highest BCUT2D eigenvalue weighted by molar-refractivity contribution is 5.95. The highest BCUT2D eigenvalue weighted by Crippen LogP contribution is 2.12. The molecule has 1 aromatic carbocycles. The quantitative estimate of drug-likeness (QED) is 0.845. The van der Waals surface area contributed by atoms with Gasteiger partial charge >= 0.3 is 0 Å². The molecule has 0 aliphatic carbocycles. The molecule has 132 valence electrons. The van der Waals surface area contributed by atoms with Crippen LogP contribution in [0.5, 0.6) is 0 Å². The Morgan fingerprint density at radius 2 is 2.08 bits per heavy atom. The van der Waals surface area contributed by atoms with Gasteiger partial charge in [0.05, 0.1) is 17.9 Å². The average molecular weight is 342 g/mol. The minimum Gasteiger partial charge on any atom is -0.469 e. The maximum absolute atomic E-state index is 12.3. The van der Waals surface area contributed by atoms with Crippen molar-refractivity contribution in [1.29, 1.82) is 0 Å². The lowest BCUT2D eigenvalue weighted by Crippen LogP contribution is -2.31. The molecule has 1 saturated heterocycles. The molecule has 1 aliphatic heterocycles. The third kappa shape index (κ3) is 4.48. The zero-order valence-electron chi connectivity index (χ0n) is 14.2. The van der Waals surface area contributed by atoms with Crippen LogP contribution in [0.25, 0.3) is 0 Å². The second-order valence-electron chi connectivity index (χ2n) is 6.12. The van der Waals surface area contributed by atoms with Gasteiger partial charge in [0.2, 0.25) is 0 Å². The molecule has 6 heteroatoms. The number of benzene rings is 1. The molecule has 3 rings (SSSR count). The number of rotatable bonds is 6. The van der Waals surface area contributed by atoms with Crippen molar-refractivity contribution in [3.05, 3.63) is 59.0 Å². The van der Waals surface area contributed by atoms with Gasteiger partial charge in [-0.05, 0) is 43.5 Å². The molecule has 0 spiro atoms. The van der Waals surface area contributed by atoms with Gasteiger partial charge in [-0.15, -0.1) is 0 Å². The van der Waals surface area contributed by atoms with E-state index in [-0.39, 0.29) is 17.9 Å². The van der Waals surface area contributed by atoms with Gasteiger partial charge in [-0.3, -0.25) is 9.59 Å². The molecule has 2 amide bonds. The summed E-state index contributed by atoms with van der Waals surface area (Å²) in [5, 5.41) is 5.73. The van der Waals surface area contributed by atoms with Crippen LogP contribution in [-0.2, 0) is 11.3 Å². The number of hydrogen-bond acceptors (Lipinski definition) is 4. The number of hydrogen-bond donors (Lipinski definition) is 2. The Labute approximate surface area is 146 Å². The first-order valence-corrected chi connectivity index (χ1v) is 8.44. The minimum atomic E-state index is -0.195. The Balaban J connectivity index is 1.54. The number of amides is 2. The summed E-state index contributed by atoms with van der Waals surface area (Å²) in [6.45, 7) is 3.38. The van der Waals surface area contributed by atoms with E-state index < -0.39 is 0 Å². The van der Waals surface area contributed by atoms with E-state index in [1.165, 1.54) is 6.26 Å². The summed E-state index contributed by atoms with van der Waals surface area (Å²) >= 11 is 0. The number of aryl methyl sites for hydroxylation is 1. The van der Waals surface area contributed by atoms with E-state index in [1.54, 1.807) is 25.1 Å². The molecular weight excluding hydrogens is 320 g/mol. The number of nitrogens with one attached hydrogen (secondary N) is 2. The number of carbonyl (C=O) groups is 2. The van der Waals surface area contributed by atoms with Crippen molar-refractivity contribution in [2.45, 2.75) is 32.4 Å². The van der Waals surface area contributed by atoms with Crippen molar-refractivity contribution in [3.8, 4) is 0 Å². The van der Waals surface area contributed by atoms with E-state index in [9.17, 15) is 9.59 Å². The lowest BCUT2D eigenvalue weighted by Gasteiger charge is -2.11. The number of ether oxygens (including phenoxy) is 1. The fourth-order valence-corrected chi connectivity index (χ4v) is 2.83. The summed E-state index contributed by atoms with van der Waals surface area (Å²) in [6, 6.07) is 8.87. The van der Waals surface area contributed by atoms with Crippen LogP contribution in [0.2, 0.25) is 0 Å². The van der Waals surface area contributed by atoms with Crippen molar-refractivity contribution in [1.82, 2.24) is 10.6 Å². The fourth-order valence-electron chi connectivity index (χ4n) is 2.83. The molecule has 1 aliphatic rings. The summed E-state index contributed by atoms with van der Waals surface area (Å²) in [5.74, 6) is 0.258. The molecule has 0 unspecified atom stereocenters. The molecule has 6 nitrogen and oxygen atoms in total. The van der Waals surface area contributed by atoms with Crippen molar-refractivity contribution >= 4 is 11.8 Å². The van der Waals surface area contributed by atoms with Crippen molar-refractivity contribution in [3.63, 3.8) is 0 Å². The second-order valence-corrected chi connectivity index (χ2v) is 6.12. The monoisotopic (exact) mass is 342 g/mol. The zero-order valence-corrected chi connectivity index (χ0v) is 14.2. The van der Waals surface area contributed by atoms with Gasteiger partial charge in [0, 0.05) is 25.3 Å². The van der Waals surface area contributed by atoms with Crippen LogP contribution in [-0.4, -0.2) is 31.1 Å². The molecule has 0 saturated carbocycles. The first-order valence-electron chi connectivity index (χ1n) is 8.44. The molecule has 2 aromatic rings. The summed E-state index contributed by atoms with van der Waals surface area (Å²) < 4.78 is 10.6. The third-order valence-electron chi connectivity index (χ3n) is 4.26. The van der Waals surface area contributed by atoms with Gasteiger partial charge in [0.1, 0.15) is 5.76 Å². The SMILES string of the molecule is Cc1occc1C(=O)NCc1cccc(C(=O)NC[C@H]2CCCO2)c1. The lowest BCUT2D eigenvalue weighted by molar-refractivity contribution is 0.0857. The van der Waals surface area contributed by atoms with Crippen LogP contribution < -0.4 is 10.6 Å². The zero-order chi connectivity index (χ0) is 17.6. The van der Waals surface area contributed by atoms with Gasteiger partial charge in [-0.2, -0.15) is 0 Å². The van der Waals surface area contributed by atoms with Crippen LogP contribution >= 0.6 is 0 Å². The van der Waals surface area contributed by atoms with Crippen molar-refractivity contribution in [2.75, 3.05) is 13.2 Å². The normalized spacial score (nSPS) is 16.6. The first kappa shape index (κ1) is 17.2. The Morgan fingerprint density at radius 1 is 1.20 bits per heavy atom. The highest BCUT2D eigenvalue weighted by atomic mass is 16.5. The molecule has 2 heterocycles. The van der Waals surface area contributed by atoms with E-state index in [1.807, 2.05) is 12.1 Å². The smallest absolute Gasteiger partial charge is 0.255 e. The molecule has 1 fully saturated rings. The van der Waals surface area contributed by atoms with Gasteiger partial charge in [0.15, 0.2) is 0 Å². The standard InChI is InChI=1S/C19H22N2O4/c1-13-17(7-9-24-13)19(23)20-11-14-4-2-5-15(10-14)18(22)21-12-16-6-3-8-25-16/h2,4-5,7,9-10,16H,3,6,8,11-12H2,1H3,(H,20,23)(H,21,22)/t16-/m1/s1. The van der Waals surface area contributed by atoms with Gasteiger partial charge in [-0.25, -0.2) is 0 Å².